The maximum absolute atomic E-state index is 11.9. The average molecular weight is 464 g/mol. The van der Waals surface area contributed by atoms with Crippen LogP contribution in [-0.4, -0.2) is 28.3 Å². The normalized spacial score (nSPS) is 12.8. The minimum Gasteiger partial charge on any atom is -0.493 e. The van der Waals surface area contributed by atoms with Crippen LogP contribution in [0.4, 0.5) is 0 Å². The minimum absolute atomic E-state index is 0.223. The lowest BCUT2D eigenvalue weighted by atomic mass is 9.96. The van der Waals surface area contributed by atoms with Gasteiger partial charge in [0.25, 0.3) is 0 Å². The fourth-order valence-electron chi connectivity index (χ4n) is 3.43. The van der Waals surface area contributed by atoms with E-state index in [1.54, 1.807) is 30.4 Å². The Morgan fingerprint density at radius 1 is 1.06 bits per heavy atom. The van der Waals surface area contributed by atoms with Crippen molar-refractivity contribution >= 4 is 17.3 Å². The number of aromatic nitrogens is 1. The lowest BCUT2D eigenvalue weighted by Crippen LogP contribution is -2.43. The molecule has 0 amide bonds. The Bertz CT molecular complexity index is 1190. The molecule has 0 saturated heterocycles. The van der Waals surface area contributed by atoms with Crippen LogP contribution in [0.25, 0.3) is 10.8 Å². The minimum atomic E-state index is -1.38. The van der Waals surface area contributed by atoms with Crippen molar-refractivity contribution in [1.29, 1.82) is 0 Å². The Kier molecular flexibility index (Phi) is 6.79. The van der Waals surface area contributed by atoms with Gasteiger partial charge in [0.15, 0.2) is 0 Å². The molecule has 1 atom stereocenters. The third kappa shape index (κ3) is 5.62. The van der Waals surface area contributed by atoms with E-state index in [0.29, 0.717) is 30.4 Å². The fraction of sp³-hybridized carbons (Fsp3) is 0.231. The number of benzene rings is 2. The van der Waals surface area contributed by atoms with E-state index in [1.165, 1.54) is 0 Å². The summed E-state index contributed by atoms with van der Waals surface area (Å²) in [6.07, 6.45) is 0.853. The Morgan fingerprint density at radius 3 is 2.48 bits per heavy atom. The van der Waals surface area contributed by atoms with Crippen molar-refractivity contribution in [1.82, 2.24) is 4.98 Å². The number of aryl methyl sites for hydroxylation is 1. The van der Waals surface area contributed by atoms with Gasteiger partial charge in [-0.1, -0.05) is 36.4 Å². The molecule has 2 heterocycles. The van der Waals surface area contributed by atoms with E-state index in [1.807, 2.05) is 66.9 Å². The number of ether oxygens (including phenoxy) is 2. The molecule has 0 aliphatic carbocycles. The van der Waals surface area contributed by atoms with Crippen LogP contribution in [0.5, 0.6) is 11.5 Å². The second kappa shape index (κ2) is 9.92. The van der Waals surface area contributed by atoms with Crippen molar-refractivity contribution in [2.24, 2.45) is 0 Å². The number of nitrogens with zero attached hydrogens (tertiary/aromatic N) is 1. The van der Waals surface area contributed by atoms with Crippen LogP contribution in [0.1, 0.15) is 23.9 Å². The summed E-state index contributed by atoms with van der Waals surface area (Å²) in [5, 5.41) is 11.8. The van der Waals surface area contributed by atoms with Crippen molar-refractivity contribution in [3.05, 3.63) is 89.1 Å². The Morgan fingerprint density at radius 2 is 1.82 bits per heavy atom. The van der Waals surface area contributed by atoms with Crippen molar-refractivity contribution in [3.8, 4) is 22.3 Å². The van der Waals surface area contributed by atoms with E-state index in [2.05, 4.69) is 4.98 Å². The topological polar surface area (TPSA) is 81.8 Å². The highest BCUT2D eigenvalue weighted by Gasteiger charge is 2.36. The summed E-state index contributed by atoms with van der Waals surface area (Å²) in [6, 6.07) is 20.3. The number of hydrogen-bond donors (Lipinski definition) is 1. The van der Waals surface area contributed by atoms with Gasteiger partial charge in [0.05, 0.1) is 17.2 Å². The highest BCUT2D eigenvalue weighted by molar-refractivity contribution is 7.13. The van der Waals surface area contributed by atoms with Gasteiger partial charge in [-0.25, -0.2) is 9.78 Å². The Labute approximate surface area is 196 Å². The summed E-state index contributed by atoms with van der Waals surface area (Å²) in [5.74, 6) is 1.65. The monoisotopic (exact) mass is 463 g/mol. The first-order chi connectivity index (χ1) is 15.9. The first-order valence-corrected chi connectivity index (χ1v) is 11.5. The summed E-state index contributed by atoms with van der Waals surface area (Å²) >= 11 is 1.59. The van der Waals surface area contributed by atoms with Crippen molar-refractivity contribution in [2.75, 3.05) is 6.61 Å². The highest BCUT2D eigenvalue weighted by Crippen LogP contribution is 2.27. The standard InChI is InChI=1S/C26H25NO5S/c1-18-22(27-24(31-18)23-9-6-16-33-23)14-15-30-20-12-10-19(11-13-20)17-26(2,25(28)29)32-21-7-4-3-5-8-21/h3-13,16H,14-15,17H2,1-2H3,(H,28,29). The zero-order chi connectivity index (χ0) is 23.3. The summed E-state index contributed by atoms with van der Waals surface area (Å²) in [4.78, 5) is 17.5. The largest absolute Gasteiger partial charge is 0.493 e. The maximum Gasteiger partial charge on any atom is 0.348 e. The second-order valence-electron chi connectivity index (χ2n) is 7.87. The average Bonchev–Trinajstić information content (AvgIpc) is 3.46. The summed E-state index contributed by atoms with van der Waals surface area (Å²) in [7, 11) is 0. The van der Waals surface area contributed by atoms with Crippen molar-refractivity contribution in [3.63, 3.8) is 0 Å². The fourth-order valence-corrected chi connectivity index (χ4v) is 4.08. The third-order valence-electron chi connectivity index (χ3n) is 5.24. The number of carboxylic acid groups (broad SMARTS) is 1. The molecular weight excluding hydrogens is 438 g/mol. The van der Waals surface area contributed by atoms with E-state index in [0.717, 1.165) is 21.9 Å². The molecule has 0 saturated carbocycles. The molecule has 0 aliphatic heterocycles. The van der Waals surface area contributed by atoms with Crippen LogP contribution in [0.15, 0.2) is 76.5 Å². The Balaban J connectivity index is 1.34. The molecule has 1 N–H and O–H groups in total. The van der Waals surface area contributed by atoms with Crippen LogP contribution in [-0.2, 0) is 17.6 Å². The molecule has 0 aliphatic rings. The molecule has 33 heavy (non-hydrogen) atoms. The van der Waals surface area contributed by atoms with Crippen LogP contribution in [0.2, 0.25) is 0 Å². The number of thiophene rings is 1. The third-order valence-corrected chi connectivity index (χ3v) is 6.09. The summed E-state index contributed by atoms with van der Waals surface area (Å²) < 4.78 is 17.4. The van der Waals surface area contributed by atoms with Gasteiger partial charge in [0, 0.05) is 12.8 Å². The molecule has 0 bridgehead atoms. The molecule has 0 spiro atoms. The zero-order valence-corrected chi connectivity index (χ0v) is 19.3. The highest BCUT2D eigenvalue weighted by atomic mass is 32.1. The van der Waals surface area contributed by atoms with Crippen LogP contribution in [0, 0.1) is 6.92 Å². The number of rotatable bonds is 10. The molecule has 6 nitrogen and oxygen atoms in total. The molecule has 170 valence electrons. The van der Waals surface area contributed by atoms with Crippen LogP contribution >= 0.6 is 11.3 Å². The number of oxazole rings is 1. The molecule has 4 rings (SSSR count). The van der Waals surface area contributed by atoms with Gasteiger partial charge in [-0.2, -0.15) is 0 Å². The van der Waals surface area contributed by atoms with E-state index in [9.17, 15) is 9.90 Å². The number of aliphatic carboxylic acids is 1. The van der Waals surface area contributed by atoms with Crippen LogP contribution < -0.4 is 9.47 Å². The number of carboxylic acids is 1. The maximum atomic E-state index is 11.9. The first-order valence-electron chi connectivity index (χ1n) is 10.6. The molecule has 1 unspecified atom stereocenters. The summed E-state index contributed by atoms with van der Waals surface area (Å²) in [6.45, 7) is 3.95. The molecule has 7 heteroatoms. The van der Waals surface area contributed by atoms with E-state index >= 15 is 0 Å². The summed E-state index contributed by atoms with van der Waals surface area (Å²) in [5.41, 5.74) is 0.343. The lowest BCUT2D eigenvalue weighted by Gasteiger charge is -2.26. The number of para-hydroxylation sites is 1. The van der Waals surface area contributed by atoms with E-state index in [4.69, 9.17) is 13.9 Å². The molecule has 0 fully saturated rings. The molecule has 2 aromatic carbocycles. The van der Waals surface area contributed by atoms with Gasteiger partial charge < -0.3 is 19.0 Å². The Hall–Kier alpha value is -3.58. The number of carbonyl (C=O) groups is 1. The predicted octanol–water partition coefficient (Wildman–Crippen LogP) is 5.80. The van der Waals surface area contributed by atoms with Gasteiger partial charge in [-0.15, -0.1) is 11.3 Å². The van der Waals surface area contributed by atoms with Crippen molar-refractivity contribution in [2.45, 2.75) is 32.3 Å². The first kappa shape index (κ1) is 22.6. The lowest BCUT2D eigenvalue weighted by molar-refractivity contribution is -0.153. The predicted molar refractivity (Wildman–Crippen MR) is 127 cm³/mol. The second-order valence-corrected chi connectivity index (χ2v) is 8.82. The van der Waals surface area contributed by atoms with Gasteiger partial charge in [0.2, 0.25) is 11.5 Å². The molecule has 2 aromatic heterocycles. The van der Waals surface area contributed by atoms with Gasteiger partial charge in [-0.05, 0) is 55.1 Å². The van der Waals surface area contributed by atoms with Crippen molar-refractivity contribution < 1.29 is 23.8 Å². The zero-order valence-electron chi connectivity index (χ0n) is 18.5. The smallest absolute Gasteiger partial charge is 0.348 e. The van der Waals surface area contributed by atoms with Gasteiger partial charge in [-0.3, -0.25) is 0 Å². The van der Waals surface area contributed by atoms with E-state index in [-0.39, 0.29) is 6.42 Å². The number of hydrogen-bond acceptors (Lipinski definition) is 6. The quantitative estimate of drug-likeness (QED) is 0.320. The van der Waals surface area contributed by atoms with E-state index < -0.39 is 11.6 Å². The molecular formula is C26H25NO5S. The molecule has 4 aromatic rings. The SMILES string of the molecule is Cc1oc(-c2cccs2)nc1CCOc1ccc(CC(C)(Oc2ccccc2)C(=O)O)cc1. The van der Waals surface area contributed by atoms with Gasteiger partial charge >= 0.3 is 5.97 Å². The van der Waals surface area contributed by atoms with Crippen LogP contribution in [0.3, 0.4) is 0 Å². The van der Waals surface area contributed by atoms with Gasteiger partial charge in [0.1, 0.15) is 17.3 Å². The molecule has 0 radical (unpaired) electrons.